The average Bonchev–Trinajstić information content (AvgIpc) is 3.26. The van der Waals surface area contributed by atoms with E-state index in [1.165, 1.54) is 0 Å². The lowest BCUT2D eigenvalue weighted by atomic mass is 10.1. The van der Waals surface area contributed by atoms with Gasteiger partial charge in [0.05, 0.1) is 9.79 Å². The highest BCUT2D eigenvalue weighted by Crippen LogP contribution is 2.39. The van der Waals surface area contributed by atoms with Gasteiger partial charge in [-0.15, -0.1) is 0 Å². The molecule has 1 aliphatic carbocycles. The van der Waals surface area contributed by atoms with E-state index in [0.29, 0.717) is 68.6 Å². The topological polar surface area (TPSA) is 81.2 Å². The molecule has 39 heavy (non-hydrogen) atoms. The molecule has 0 atom stereocenters. The monoisotopic (exact) mass is 570 g/mol. The van der Waals surface area contributed by atoms with Gasteiger partial charge in [0.25, 0.3) is 0 Å². The van der Waals surface area contributed by atoms with Crippen molar-refractivity contribution in [2.45, 2.75) is 30.1 Å². The molecule has 2 heterocycles. The smallest absolute Gasteiger partial charge is 0.243 e. The minimum Gasteiger partial charge on any atom is -0.297 e. The lowest BCUT2D eigenvalue weighted by Crippen LogP contribution is -2.48. The maximum Gasteiger partial charge on any atom is 0.243 e. The summed E-state index contributed by atoms with van der Waals surface area (Å²) in [4.78, 5) is 5.04. The first-order valence-electron chi connectivity index (χ1n) is 13.4. The quantitative estimate of drug-likeness (QED) is 0.388. The number of fused-ring (bicyclic) bond motifs is 3. The molecule has 0 bridgehead atoms. The maximum atomic E-state index is 13.4. The van der Waals surface area contributed by atoms with Gasteiger partial charge in [-0.1, -0.05) is 36.4 Å². The van der Waals surface area contributed by atoms with E-state index in [-0.39, 0.29) is 0 Å². The van der Waals surface area contributed by atoms with Gasteiger partial charge in [0.15, 0.2) is 0 Å². The standard InChI is InChI=1S/C29H38N4O4S2/c1-22(2)20-30-9-13-32(14-10-30)38(34,35)26-5-7-28-24(18-26)17-25-19-27(6-8-29(25)28)39(36,37)33-15-11-31(12-16-33)21-23(3)4/h5-8,18-19H,1,3,9-17,20-21H2,2,4H3. The van der Waals surface area contributed by atoms with Crippen molar-refractivity contribution in [3.05, 3.63) is 71.8 Å². The summed E-state index contributed by atoms with van der Waals surface area (Å²) in [6.45, 7) is 18.0. The highest BCUT2D eigenvalue weighted by molar-refractivity contribution is 7.89. The zero-order chi connectivity index (χ0) is 27.9. The average molecular weight is 571 g/mol. The Kier molecular flexibility index (Phi) is 7.89. The second-order valence-corrected chi connectivity index (χ2v) is 15.0. The third-order valence-electron chi connectivity index (χ3n) is 7.75. The lowest BCUT2D eigenvalue weighted by Gasteiger charge is -2.34. The van der Waals surface area contributed by atoms with E-state index in [2.05, 4.69) is 23.0 Å². The molecule has 210 valence electrons. The van der Waals surface area contributed by atoms with Gasteiger partial charge in [-0.2, -0.15) is 8.61 Å². The van der Waals surface area contributed by atoms with Crippen LogP contribution in [-0.4, -0.2) is 101 Å². The van der Waals surface area contributed by atoms with Crippen LogP contribution in [0.1, 0.15) is 25.0 Å². The van der Waals surface area contributed by atoms with Gasteiger partial charge >= 0.3 is 0 Å². The molecule has 2 saturated heterocycles. The minimum absolute atomic E-state index is 0.294. The SMILES string of the molecule is C=C(C)CN1CCN(S(=O)(=O)c2ccc3c(c2)Cc2cc(S(=O)(=O)N4CCN(CC(=C)C)CC4)ccc2-3)CC1. The Morgan fingerprint density at radius 3 is 1.33 bits per heavy atom. The van der Waals surface area contributed by atoms with Crippen LogP contribution < -0.4 is 0 Å². The van der Waals surface area contributed by atoms with E-state index in [9.17, 15) is 16.8 Å². The van der Waals surface area contributed by atoms with Crippen LogP contribution >= 0.6 is 0 Å². The molecule has 0 aromatic heterocycles. The van der Waals surface area contributed by atoms with Crippen molar-refractivity contribution in [3.63, 3.8) is 0 Å². The molecule has 0 N–H and O–H groups in total. The molecule has 0 unspecified atom stereocenters. The predicted octanol–water partition coefficient (Wildman–Crippen LogP) is 3.02. The van der Waals surface area contributed by atoms with Crippen molar-refractivity contribution in [2.75, 3.05) is 65.4 Å². The molecule has 0 radical (unpaired) electrons. The van der Waals surface area contributed by atoms with Gasteiger partial charge in [0, 0.05) is 65.4 Å². The molecular weight excluding hydrogens is 532 g/mol. The maximum absolute atomic E-state index is 13.4. The Morgan fingerprint density at radius 2 is 1.00 bits per heavy atom. The Balaban J connectivity index is 1.30. The second kappa shape index (κ2) is 10.9. The fourth-order valence-electron chi connectivity index (χ4n) is 5.80. The van der Waals surface area contributed by atoms with Crippen molar-refractivity contribution in [2.24, 2.45) is 0 Å². The van der Waals surface area contributed by atoms with Crippen molar-refractivity contribution in [1.29, 1.82) is 0 Å². The van der Waals surface area contributed by atoms with Gasteiger partial charge in [0.1, 0.15) is 0 Å². The first-order valence-corrected chi connectivity index (χ1v) is 16.3. The van der Waals surface area contributed by atoms with Crippen molar-refractivity contribution in [3.8, 4) is 11.1 Å². The van der Waals surface area contributed by atoms with Gasteiger partial charge < -0.3 is 0 Å². The molecule has 8 nitrogen and oxygen atoms in total. The number of hydrogen-bond acceptors (Lipinski definition) is 6. The highest BCUT2D eigenvalue weighted by Gasteiger charge is 2.32. The number of benzene rings is 2. The summed E-state index contributed by atoms with van der Waals surface area (Å²) >= 11 is 0. The van der Waals surface area contributed by atoms with E-state index >= 15 is 0 Å². The zero-order valence-corrected chi connectivity index (χ0v) is 24.5. The third kappa shape index (κ3) is 5.77. The van der Waals surface area contributed by atoms with Gasteiger partial charge in [-0.25, -0.2) is 16.8 Å². The molecule has 2 aromatic rings. The van der Waals surface area contributed by atoms with Gasteiger partial charge in [-0.05, 0) is 66.8 Å². The highest BCUT2D eigenvalue weighted by atomic mass is 32.2. The van der Waals surface area contributed by atoms with Gasteiger partial charge in [-0.3, -0.25) is 9.80 Å². The van der Waals surface area contributed by atoms with E-state index in [4.69, 9.17) is 0 Å². The summed E-state index contributed by atoms with van der Waals surface area (Å²) in [7, 11) is -7.22. The molecule has 2 fully saturated rings. The molecule has 3 aliphatic rings. The summed E-state index contributed by atoms with van der Waals surface area (Å²) in [6.07, 6.45) is 0.510. The Hall–Kier alpha value is -2.34. The summed E-state index contributed by atoms with van der Waals surface area (Å²) < 4.78 is 56.8. The number of piperazine rings is 2. The van der Waals surface area contributed by atoms with E-state index in [1.54, 1.807) is 32.9 Å². The fraction of sp³-hybridized carbons (Fsp3) is 0.448. The Labute approximate surface area is 233 Å². The van der Waals surface area contributed by atoms with Crippen LogP contribution in [0.5, 0.6) is 0 Å². The first kappa shape index (κ1) is 28.2. The zero-order valence-electron chi connectivity index (χ0n) is 22.9. The summed E-state index contributed by atoms with van der Waals surface area (Å²) in [6, 6.07) is 10.6. The Bertz CT molecular complexity index is 1390. The number of rotatable bonds is 8. The molecule has 2 aromatic carbocycles. The van der Waals surface area contributed by atoms with E-state index in [0.717, 1.165) is 46.5 Å². The molecule has 2 aliphatic heterocycles. The van der Waals surface area contributed by atoms with E-state index in [1.807, 2.05) is 26.0 Å². The molecule has 10 heteroatoms. The van der Waals surface area contributed by atoms with Gasteiger partial charge in [0.2, 0.25) is 20.0 Å². The Morgan fingerprint density at radius 1 is 0.641 bits per heavy atom. The summed E-state index contributed by atoms with van der Waals surface area (Å²) in [5, 5.41) is 0. The van der Waals surface area contributed by atoms with Crippen LogP contribution in [0.2, 0.25) is 0 Å². The normalized spacial score (nSPS) is 19.5. The van der Waals surface area contributed by atoms with Crippen LogP contribution in [0.4, 0.5) is 0 Å². The van der Waals surface area contributed by atoms with Crippen molar-refractivity contribution in [1.82, 2.24) is 18.4 Å². The fourth-order valence-corrected chi connectivity index (χ4v) is 8.75. The first-order chi connectivity index (χ1) is 18.4. The predicted molar refractivity (Wildman–Crippen MR) is 155 cm³/mol. The molecule has 5 rings (SSSR count). The van der Waals surface area contributed by atoms with Crippen LogP contribution in [0.25, 0.3) is 11.1 Å². The molecular formula is C29H38N4O4S2. The number of sulfonamides is 2. The van der Waals surface area contributed by atoms with Crippen molar-refractivity contribution < 1.29 is 16.8 Å². The number of hydrogen-bond donors (Lipinski definition) is 0. The van der Waals surface area contributed by atoms with Crippen LogP contribution in [-0.2, 0) is 26.5 Å². The molecule has 0 amide bonds. The summed E-state index contributed by atoms with van der Waals surface area (Å²) in [5.74, 6) is 0. The summed E-state index contributed by atoms with van der Waals surface area (Å²) in [5.41, 5.74) is 5.90. The molecule has 0 saturated carbocycles. The van der Waals surface area contributed by atoms with Crippen molar-refractivity contribution >= 4 is 20.0 Å². The van der Waals surface area contributed by atoms with Crippen LogP contribution in [0.3, 0.4) is 0 Å². The van der Waals surface area contributed by atoms with Crippen LogP contribution in [0, 0.1) is 0 Å². The van der Waals surface area contributed by atoms with E-state index < -0.39 is 20.0 Å². The van der Waals surface area contributed by atoms with Crippen LogP contribution in [0.15, 0.2) is 70.5 Å². The number of nitrogens with zero attached hydrogens (tertiary/aromatic N) is 4. The second-order valence-electron chi connectivity index (χ2n) is 11.1. The third-order valence-corrected chi connectivity index (χ3v) is 11.5. The minimum atomic E-state index is -3.61. The largest absolute Gasteiger partial charge is 0.297 e. The lowest BCUT2D eigenvalue weighted by molar-refractivity contribution is 0.201. The molecule has 0 spiro atoms.